The van der Waals surface area contributed by atoms with E-state index in [9.17, 15) is 9.59 Å². The van der Waals surface area contributed by atoms with Crippen LogP contribution < -0.4 is 19.6 Å². The number of nitrogens with zero attached hydrogens (tertiary/aromatic N) is 2. The van der Waals surface area contributed by atoms with Gasteiger partial charge in [0.25, 0.3) is 5.91 Å². The standard InChI is InChI=1S/C27H31ClN2O6/c1-6-29(7-2)11-8-12-30-23(16-13-20(33-3)25(35-5)21(14-16)34-4)22-24(31)18-15-17(28)9-10-19(18)36-26(22)27(30)32/h9-10,13-15,23H,6-8,11-12H2,1-5H3/t23-/m0/s1. The topological polar surface area (TPSA) is 81.5 Å². The quantitative estimate of drug-likeness (QED) is 0.386. The minimum absolute atomic E-state index is 0.0522. The Bertz CT molecular complexity index is 1310. The molecule has 192 valence electrons. The van der Waals surface area contributed by atoms with E-state index in [0.717, 1.165) is 26.1 Å². The largest absolute Gasteiger partial charge is 0.493 e. The summed E-state index contributed by atoms with van der Waals surface area (Å²) in [5.74, 6) is 1.03. The first-order valence-electron chi connectivity index (χ1n) is 12.0. The first-order valence-corrected chi connectivity index (χ1v) is 12.4. The number of rotatable bonds is 10. The summed E-state index contributed by atoms with van der Waals surface area (Å²) < 4.78 is 22.6. The van der Waals surface area contributed by atoms with Gasteiger partial charge in [0.05, 0.1) is 38.3 Å². The van der Waals surface area contributed by atoms with Gasteiger partial charge in [0, 0.05) is 11.6 Å². The molecule has 9 heteroatoms. The molecule has 0 radical (unpaired) electrons. The van der Waals surface area contributed by atoms with Crippen LogP contribution in [0.15, 0.2) is 39.5 Å². The molecule has 4 rings (SSSR count). The molecule has 0 spiro atoms. The summed E-state index contributed by atoms with van der Waals surface area (Å²) >= 11 is 6.18. The molecule has 3 aromatic rings. The van der Waals surface area contributed by atoms with E-state index in [0.29, 0.717) is 45.3 Å². The van der Waals surface area contributed by atoms with E-state index in [2.05, 4.69) is 18.7 Å². The fourth-order valence-electron chi connectivity index (χ4n) is 4.83. The predicted molar refractivity (Wildman–Crippen MR) is 139 cm³/mol. The van der Waals surface area contributed by atoms with E-state index in [4.69, 9.17) is 30.2 Å². The summed E-state index contributed by atoms with van der Waals surface area (Å²) in [6, 6.07) is 7.68. The lowest BCUT2D eigenvalue weighted by molar-refractivity contribution is 0.0719. The molecule has 1 atom stereocenters. The number of fused-ring (bicyclic) bond motifs is 2. The van der Waals surface area contributed by atoms with E-state index >= 15 is 0 Å². The van der Waals surface area contributed by atoms with Crippen LogP contribution in [0.5, 0.6) is 17.2 Å². The second-order valence-corrected chi connectivity index (χ2v) is 8.99. The van der Waals surface area contributed by atoms with Crippen LogP contribution in [0.3, 0.4) is 0 Å². The fourth-order valence-corrected chi connectivity index (χ4v) is 5.01. The van der Waals surface area contributed by atoms with Crippen molar-refractivity contribution in [1.29, 1.82) is 0 Å². The molecule has 0 N–H and O–H groups in total. The smallest absolute Gasteiger partial charge is 0.290 e. The van der Waals surface area contributed by atoms with Gasteiger partial charge >= 0.3 is 0 Å². The third kappa shape index (κ3) is 4.51. The monoisotopic (exact) mass is 514 g/mol. The number of benzene rings is 2. The highest BCUT2D eigenvalue weighted by Crippen LogP contribution is 2.45. The Balaban J connectivity index is 1.89. The summed E-state index contributed by atoms with van der Waals surface area (Å²) in [6.45, 7) is 7.34. The molecule has 36 heavy (non-hydrogen) atoms. The molecule has 1 aliphatic rings. The number of carbonyl (C=O) groups excluding carboxylic acids is 1. The van der Waals surface area contributed by atoms with Crippen molar-refractivity contribution in [3.05, 3.63) is 62.5 Å². The Labute approximate surface area is 215 Å². The molecule has 0 aliphatic carbocycles. The molecule has 0 fully saturated rings. The van der Waals surface area contributed by atoms with Crippen molar-refractivity contribution < 1.29 is 23.4 Å². The molecule has 0 bridgehead atoms. The average Bonchev–Trinajstić information content (AvgIpc) is 3.17. The molecule has 0 saturated heterocycles. The van der Waals surface area contributed by atoms with Gasteiger partial charge in [-0.15, -0.1) is 0 Å². The van der Waals surface area contributed by atoms with Crippen molar-refractivity contribution in [2.24, 2.45) is 0 Å². The highest BCUT2D eigenvalue weighted by Gasteiger charge is 2.43. The number of hydrogen-bond acceptors (Lipinski definition) is 7. The van der Waals surface area contributed by atoms with Crippen molar-refractivity contribution in [2.75, 3.05) is 47.5 Å². The fraction of sp³-hybridized carbons (Fsp3) is 0.407. The molecule has 0 saturated carbocycles. The number of halogens is 1. The highest BCUT2D eigenvalue weighted by atomic mass is 35.5. The maximum Gasteiger partial charge on any atom is 0.290 e. The van der Waals surface area contributed by atoms with E-state index in [1.165, 1.54) is 21.3 Å². The van der Waals surface area contributed by atoms with Crippen LogP contribution in [0.2, 0.25) is 5.02 Å². The number of carbonyl (C=O) groups is 1. The lowest BCUT2D eigenvalue weighted by Gasteiger charge is -2.27. The maximum atomic E-state index is 13.8. The Morgan fingerprint density at radius 3 is 2.25 bits per heavy atom. The third-order valence-electron chi connectivity index (χ3n) is 6.70. The van der Waals surface area contributed by atoms with E-state index in [-0.39, 0.29) is 22.7 Å². The lowest BCUT2D eigenvalue weighted by Crippen LogP contribution is -2.33. The minimum atomic E-state index is -0.683. The van der Waals surface area contributed by atoms with E-state index < -0.39 is 6.04 Å². The molecule has 8 nitrogen and oxygen atoms in total. The zero-order valence-electron chi connectivity index (χ0n) is 21.2. The Kier molecular flexibility index (Phi) is 7.76. The van der Waals surface area contributed by atoms with Gasteiger partial charge in [-0.05, 0) is 62.0 Å². The molecule has 0 unspecified atom stereocenters. The Morgan fingerprint density at radius 1 is 1.00 bits per heavy atom. The van der Waals surface area contributed by atoms with Crippen LogP contribution in [-0.2, 0) is 0 Å². The van der Waals surface area contributed by atoms with Gasteiger partial charge in [0.2, 0.25) is 11.5 Å². The Morgan fingerprint density at radius 2 is 1.67 bits per heavy atom. The van der Waals surface area contributed by atoms with Crippen molar-refractivity contribution in [1.82, 2.24) is 9.80 Å². The van der Waals surface area contributed by atoms with Crippen LogP contribution in [0.4, 0.5) is 0 Å². The summed E-state index contributed by atoms with van der Waals surface area (Å²) in [4.78, 5) is 31.4. The van der Waals surface area contributed by atoms with Gasteiger partial charge in [-0.1, -0.05) is 25.4 Å². The lowest BCUT2D eigenvalue weighted by atomic mass is 9.97. The van der Waals surface area contributed by atoms with Gasteiger partial charge < -0.3 is 28.4 Å². The Hall–Kier alpha value is -3.23. The van der Waals surface area contributed by atoms with Crippen molar-refractivity contribution in [2.45, 2.75) is 26.3 Å². The number of methoxy groups -OCH3 is 3. The number of hydrogen-bond donors (Lipinski definition) is 0. The van der Waals surface area contributed by atoms with Gasteiger partial charge in [-0.3, -0.25) is 9.59 Å². The molecule has 1 aliphatic heterocycles. The second-order valence-electron chi connectivity index (χ2n) is 8.55. The van der Waals surface area contributed by atoms with Gasteiger partial charge in [-0.2, -0.15) is 0 Å². The molecular formula is C27H31ClN2O6. The molecular weight excluding hydrogens is 484 g/mol. The number of amides is 1. The van der Waals surface area contributed by atoms with Gasteiger partial charge in [0.15, 0.2) is 16.9 Å². The van der Waals surface area contributed by atoms with Crippen LogP contribution >= 0.6 is 11.6 Å². The minimum Gasteiger partial charge on any atom is -0.493 e. The van der Waals surface area contributed by atoms with Crippen molar-refractivity contribution in [3.8, 4) is 17.2 Å². The average molecular weight is 515 g/mol. The third-order valence-corrected chi connectivity index (χ3v) is 6.93. The summed E-state index contributed by atoms with van der Waals surface area (Å²) in [7, 11) is 4.58. The summed E-state index contributed by atoms with van der Waals surface area (Å²) in [5, 5.41) is 0.746. The predicted octanol–water partition coefficient (Wildman–Crippen LogP) is 4.75. The first-order chi connectivity index (χ1) is 17.4. The maximum absolute atomic E-state index is 13.8. The van der Waals surface area contributed by atoms with Gasteiger partial charge in [-0.25, -0.2) is 0 Å². The SMILES string of the molecule is CCN(CC)CCCN1C(=O)c2oc3ccc(Cl)cc3c(=O)c2[C@@H]1c1cc(OC)c(OC)c(OC)c1. The summed E-state index contributed by atoms with van der Waals surface area (Å²) in [5.41, 5.74) is 0.984. The van der Waals surface area contributed by atoms with Crippen LogP contribution in [0, 0.1) is 0 Å². The highest BCUT2D eigenvalue weighted by molar-refractivity contribution is 6.31. The van der Waals surface area contributed by atoms with Gasteiger partial charge in [0.1, 0.15) is 5.58 Å². The second kappa shape index (κ2) is 10.8. The molecule has 2 heterocycles. The van der Waals surface area contributed by atoms with Crippen molar-refractivity contribution >= 4 is 28.5 Å². The van der Waals surface area contributed by atoms with Crippen LogP contribution in [-0.4, -0.2) is 63.2 Å². The molecule has 1 aromatic heterocycles. The van der Waals surface area contributed by atoms with E-state index in [1.807, 2.05) is 0 Å². The van der Waals surface area contributed by atoms with Crippen LogP contribution in [0.25, 0.3) is 11.0 Å². The molecule has 2 aromatic carbocycles. The summed E-state index contributed by atoms with van der Waals surface area (Å²) in [6.07, 6.45) is 0.738. The van der Waals surface area contributed by atoms with Crippen molar-refractivity contribution in [3.63, 3.8) is 0 Å². The first kappa shape index (κ1) is 25.9. The normalized spacial score (nSPS) is 15.0. The number of ether oxygens (including phenoxy) is 3. The zero-order chi connectivity index (χ0) is 26.0. The van der Waals surface area contributed by atoms with E-state index in [1.54, 1.807) is 35.2 Å². The molecule has 1 amide bonds. The zero-order valence-corrected chi connectivity index (χ0v) is 22.0. The van der Waals surface area contributed by atoms with Crippen LogP contribution in [0.1, 0.15) is 48.0 Å².